The highest BCUT2D eigenvalue weighted by Gasteiger charge is 2.61. The van der Waals surface area contributed by atoms with Gasteiger partial charge in [0.05, 0.1) is 17.9 Å². The first-order valence-electron chi connectivity index (χ1n) is 18.6. The predicted molar refractivity (Wildman–Crippen MR) is 197 cm³/mol. The molecule has 0 unspecified atom stereocenters. The molecule has 0 aromatic heterocycles. The van der Waals surface area contributed by atoms with E-state index in [0.29, 0.717) is 37.2 Å². The third-order valence-corrected chi connectivity index (χ3v) is 11.4. The van der Waals surface area contributed by atoms with E-state index in [0.717, 1.165) is 36.0 Å². The molecule has 4 aliphatic rings. The molecular formula is C40H50N4O8S. The van der Waals surface area contributed by atoms with E-state index in [1.807, 2.05) is 43.3 Å². The number of hydrogen-bond acceptors (Lipinski definition) is 8. The normalized spacial score (nSPS) is 27.2. The first kappa shape index (κ1) is 38.2. The predicted octanol–water partition coefficient (Wildman–Crippen LogP) is 5.00. The maximum absolute atomic E-state index is 14.4. The van der Waals surface area contributed by atoms with Crippen molar-refractivity contribution in [2.24, 2.45) is 11.8 Å². The molecule has 284 valence electrons. The van der Waals surface area contributed by atoms with Crippen LogP contribution in [0.1, 0.15) is 88.8 Å². The summed E-state index contributed by atoms with van der Waals surface area (Å²) in [6.45, 7) is 7.94. The number of nitrogens with one attached hydrogen (secondary N) is 2. The fraction of sp³-hybridized carbons (Fsp3) is 0.525. The van der Waals surface area contributed by atoms with Gasteiger partial charge >= 0.3 is 12.1 Å². The Morgan fingerprint density at radius 2 is 1.70 bits per heavy atom. The first-order chi connectivity index (χ1) is 25.2. The summed E-state index contributed by atoms with van der Waals surface area (Å²) in [5.41, 5.74) is 0.923. The molecule has 6 atom stereocenters. The second-order valence-electron chi connectivity index (χ2n) is 15.7. The molecule has 3 aliphatic heterocycles. The number of carbonyl (C=O) groups excluding carboxylic acids is 5. The molecule has 2 N–H and O–H groups in total. The standard InChI is InChI=1S/C40H50N4O8S/c1-26-16-18-32(19-17-26)53(50)42-37(48)40-22-30(40)15-9-7-5-6-8-12-27(20-34(45)52-39(2,3)4)36(47)44-25-31(21-33(44)35(46)41-40)51-38(49)43-23-28-13-10-11-14-29(28)24-43/h9-11,13-19,27,30-31,33H,5-8,12,20-25H2,1-4H3,(H,41,46)(H,42,48)/b15-9-/t27-,30-,31-,33+,40-,53-/m1/s1. The molecule has 6 rings (SSSR count). The number of esters is 1. The summed E-state index contributed by atoms with van der Waals surface area (Å²) in [5, 5.41) is 2.95. The lowest BCUT2D eigenvalue weighted by Gasteiger charge is -2.30. The molecule has 0 radical (unpaired) electrons. The van der Waals surface area contributed by atoms with Gasteiger partial charge in [-0.1, -0.05) is 67.0 Å². The zero-order chi connectivity index (χ0) is 37.9. The van der Waals surface area contributed by atoms with E-state index in [9.17, 15) is 28.2 Å². The summed E-state index contributed by atoms with van der Waals surface area (Å²) in [6, 6.07) is 13.7. The van der Waals surface area contributed by atoms with E-state index in [-0.39, 0.29) is 25.3 Å². The Labute approximate surface area is 313 Å². The van der Waals surface area contributed by atoms with Gasteiger partial charge < -0.3 is 19.7 Å². The average molecular weight is 747 g/mol. The number of hydrogen-bond donors (Lipinski definition) is 2. The van der Waals surface area contributed by atoms with Crippen LogP contribution in [0.5, 0.6) is 0 Å². The fourth-order valence-corrected chi connectivity index (χ4v) is 8.31. The van der Waals surface area contributed by atoms with Gasteiger partial charge in [-0.3, -0.25) is 28.8 Å². The van der Waals surface area contributed by atoms with E-state index in [1.165, 1.54) is 4.90 Å². The third kappa shape index (κ3) is 9.17. The maximum atomic E-state index is 14.4. The largest absolute Gasteiger partial charge is 0.460 e. The van der Waals surface area contributed by atoms with Crippen molar-refractivity contribution >= 4 is 40.8 Å². The smallest absolute Gasteiger partial charge is 0.410 e. The minimum Gasteiger partial charge on any atom is -0.460 e. The van der Waals surface area contributed by atoms with Crippen molar-refractivity contribution in [2.45, 2.75) is 120 Å². The Hall–Kier alpha value is -4.52. The molecular weight excluding hydrogens is 697 g/mol. The van der Waals surface area contributed by atoms with Crippen LogP contribution in [-0.4, -0.2) is 73.6 Å². The van der Waals surface area contributed by atoms with Gasteiger partial charge in [0.25, 0.3) is 5.91 Å². The van der Waals surface area contributed by atoms with Crippen LogP contribution in [0.4, 0.5) is 4.79 Å². The van der Waals surface area contributed by atoms with Crippen LogP contribution in [0, 0.1) is 18.8 Å². The number of fused-ring (bicyclic) bond motifs is 3. The maximum Gasteiger partial charge on any atom is 0.410 e. The van der Waals surface area contributed by atoms with E-state index >= 15 is 0 Å². The van der Waals surface area contributed by atoms with Crippen LogP contribution in [0.25, 0.3) is 0 Å². The van der Waals surface area contributed by atoms with Crippen molar-refractivity contribution in [3.8, 4) is 0 Å². The number of nitrogens with zero attached hydrogens (tertiary/aromatic N) is 2. The zero-order valence-electron chi connectivity index (χ0n) is 30.9. The highest BCUT2D eigenvalue weighted by Crippen LogP contribution is 2.46. The number of aryl methyl sites for hydroxylation is 1. The Kier molecular flexibility index (Phi) is 11.4. The second kappa shape index (κ2) is 15.8. The van der Waals surface area contributed by atoms with Gasteiger partial charge in [0.1, 0.15) is 23.3 Å². The molecule has 53 heavy (non-hydrogen) atoms. The van der Waals surface area contributed by atoms with Crippen molar-refractivity contribution in [1.29, 1.82) is 0 Å². The van der Waals surface area contributed by atoms with Gasteiger partial charge in [-0.2, -0.15) is 0 Å². The van der Waals surface area contributed by atoms with Crippen molar-refractivity contribution in [3.63, 3.8) is 0 Å². The summed E-state index contributed by atoms with van der Waals surface area (Å²) in [4.78, 5) is 72.5. The van der Waals surface area contributed by atoms with Gasteiger partial charge in [0.2, 0.25) is 11.8 Å². The number of benzene rings is 2. The van der Waals surface area contributed by atoms with Crippen LogP contribution in [0.3, 0.4) is 0 Å². The Morgan fingerprint density at radius 3 is 2.38 bits per heavy atom. The molecule has 13 heteroatoms. The second-order valence-corrected chi connectivity index (χ2v) is 16.9. The summed E-state index contributed by atoms with van der Waals surface area (Å²) < 4.78 is 27.4. The van der Waals surface area contributed by atoms with Crippen LogP contribution < -0.4 is 10.0 Å². The highest BCUT2D eigenvalue weighted by molar-refractivity contribution is 7.83. The molecule has 12 nitrogen and oxygen atoms in total. The molecule has 1 saturated carbocycles. The van der Waals surface area contributed by atoms with Crippen LogP contribution in [-0.2, 0) is 52.7 Å². The molecule has 2 aromatic carbocycles. The zero-order valence-corrected chi connectivity index (χ0v) is 31.7. The minimum atomic E-state index is -1.87. The van der Waals surface area contributed by atoms with E-state index in [4.69, 9.17) is 9.47 Å². The van der Waals surface area contributed by atoms with Crippen LogP contribution in [0.15, 0.2) is 65.6 Å². The van der Waals surface area contributed by atoms with Gasteiger partial charge in [-0.15, -0.1) is 0 Å². The van der Waals surface area contributed by atoms with Gasteiger partial charge in [0.15, 0.2) is 11.0 Å². The molecule has 1 aliphatic carbocycles. The monoisotopic (exact) mass is 746 g/mol. The van der Waals surface area contributed by atoms with Gasteiger partial charge in [-0.25, -0.2) is 9.00 Å². The quantitative estimate of drug-likeness (QED) is 0.310. The van der Waals surface area contributed by atoms with Gasteiger partial charge in [0, 0.05) is 31.3 Å². The molecule has 0 spiro atoms. The van der Waals surface area contributed by atoms with Crippen molar-refractivity contribution in [2.75, 3.05) is 6.54 Å². The summed E-state index contributed by atoms with van der Waals surface area (Å²) in [6.07, 6.45) is 6.22. The van der Waals surface area contributed by atoms with Crippen LogP contribution >= 0.6 is 0 Å². The summed E-state index contributed by atoms with van der Waals surface area (Å²) >= 11 is 0. The average Bonchev–Trinajstić information content (AvgIpc) is 3.40. The molecule has 0 bridgehead atoms. The Morgan fingerprint density at radius 1 is 1.00 bits per heavy atom. The lowest BCUT2D eigenvalue weighted by Crippen LogP contribution is -2.56. The summed E-state index contributed by atoms with van der Waals surface area (Å²) in [7, 11) is -1.87. The summed E-state index contributed by atoms with van der Waals surface area (Å²) in [5.74, 6) is -3.18. The topological polar surface area (TPSA) is 151 Å². The fourth-order valence-electron chi connectivity index (χ4n) is 7.46. The van der Waals surface area contributed by atoms with Crippen molar-refractivity contribution < 1.29 is 37.7 Å². The molecule has 4 amide bonds. The van der Waals surface area contributed by atoms with E-state index in [2.05, 4.69) is 10.0 Å². The number of allylic oxidation sites excluding steroid dienone is 1. The molecule has 2 fully saturated rings. The highest BCUT2D eigenvalue weighted by atomic mass is 32.2. The third-order valence-electron chi connectivity index (χ3n) is 10.4. The SMILES string of the molecule is Cc1ccc([S@@](=O)NC(=O)[C@@]23C[C@H]2/C=C\CCCCC[C@H](CC(=O)OC(C)(C)C)C(=O)N2C[C@H](OC(=O)N4Cc5ccccc5C4)C[C@H]2C(=O)N3)cc1. The van der Waals surface area contributed by atoms with Crippen LogP contribution in [0.2, 0.25) is 0 Å². The number of rotatable bonds is 6. The lowest BCUT2D eigenvalue weighted by atomic mass is 9.95. The molecule has 3 heterocycles. The van der Waals surface area contributed by atoms with E-state index < -0.39 is 70.0 Å². The Balaban J connectivity index is 1.25. The van der Waals surface area contributed by atoms with Crippen molar-refractivity contribution in [1.82, 2.24) is 19.8 Å². The van der Waals surface area contributed by atoms with Gasteiger partial charge in [-0.05, 0) is 76.6 Å². The van der Waals surface area contributed by atoms with E-state index in [1.54, 1.807) is 49.9 Å². The molecule has 1 saturated heterocycles. The number of amides is 4. The van der Waals surface area contributed by atoms with Crippen molar-refractivity contribution in [3.05, 3.63) is 77.4 Å². The number of carbonyl (C=O) groups is 5. The Bertz CT molecular complexity index is 1760. The number of ether oxygens (including phenoxy) is 2. The molecule has 2 aromatic rings. The minimum absolute atomic E-state index is 0.0107. The first-order valence-corrected chi connectivity index (χ1v) is 19.7. The lowest BCUT2D eigenvalue weighted by molar-refractivity contribution is -0.159.